The van der Waals surface area contributed by atoms with Gasteiger partial charge in [-0.05, 0) is 27.7 Å². The molecule has 0 aliphatic carbocycles. The Labute approximate surface area is 99.5 Å². The van der Waals surface area contributed by atoms with E-state index in [4.69, 9.17) is 9.84 Å². The second-order valence-corrected chi connectivity index (χ2v) is 4.48. The molecule has 98 valence electrons. The smallest absolute Gasteiger partial charge is 0.408 e. The highest BCUT2D eigenvalue weighted by molar-refractivity contribution is 5.87. The molecule has 0 unspecified atom stereocenters. The van der Waals surface area contributed by atoms with Crippen LogP contribution in [-0.2, 0) is 14.3 Å². The van der Waals surface area contributed by atoms with Crippen LogP contribution in [-0.4, -0.2) is 41.3 Å². The van der Waals surface area contributed by atoms with Gasteiger partial charge in [-0.25, -0.2) is 4.79 Å². The molecule has 0 radical (unpaired) electrons. The van der Waals surface area contributed by atoms with E-state index in [-0.39, 0.29) is 0 Å². The summed E-state index contributed by atoms with van der Waals surface area (Å²) in [6.07, 6.45) is -0.726. The van der Waals surface area contributed by atoms with Crippen LogP contribution >= 0.6 is 0 Å². The van der Waals surface area contributed by atoms with Crippen molar-refractivity contribution in [1.29, 1.82) is 0 Å². The summed E-state index contributed by atoms with van der Waals surface area (Å²) in [6, 6.07) is -0.857. The molecule has 0 bridgehead atoms. The molecule has 0 aromatic heterocycles. The van der Waals surface area contributed by atoms with E-state index in [2.05, 4.69) is 10.6 Å². The molecular formula is C10H18N2O5. The number of nitrogens with one attached hydrogen (secondary N) is 2. The number of hydrogen-bond donors (Lipinski definition) is 3. The second-order valence-electron chi connectivity index (χ2n) is 4.48. The van der Waals surface area contributed by atoms with Gasteiger partial charge in [-0.2, -0.15) is 0 Å². The first-order chi connectivity index (χ1) is 7.61. The second kappa shape index (κ2) is 6.07. The zero-order chi connectivity index (χ0) is 13.6. The van der Waals surface area contributed by atoms with E-state index in [0.717, 1.165) is 0 Å². The fraction of sp³-hybridized carbons (Fsp3) is 0.700. The minimum Gasteiger partial charge on any atom is -0.480 e. The Bertz CT molecular complexity index is 308. The van der Waals surface area contributed by atoms with E-state index in [1.165, 1.54) is 6.92 Å². The molecule has 0 rings (SSSR count). The molecule has 1 atom stereocenters. The van der Waals surface area contributed by atoms with Crippen LogP contribution in [0.4, 0.5) is 4.79 Å². The fourth-order valence-corrected chi connectivity index (χ4v) is 0.866. The third-order valence-corrected chi connectivity index (χ3v) is 1.54. The molecule has 7 nitrogen and oxygen atoms in total. The van der Waals surface area contributed by atoms with Crippen LogP contribution in [0.25, 0.3) is 0 Å². The molecule has 0 aliphatic heterocycles. The van der Waals surface area contributed by atoms with E-state index in [1.54, 1.807) is 20.8 Å². The van der Waals surface area contributed by atoms with Gasteiger partial charge in [0.05, 0.1) is 0 Å². The van der Waals surface area contributed by atoms with E-state index >= 15 is 0 Å². The number of carboxylic acids is 1. The average Bonchev–Trinajstić information content (AvgIpc) is 2.10. The number of ether oxygens (including phenoxy) is 1. The van der Waals surface area contributed by atoms with Crippen LogP contribution < -0.4 is 10.6 Å². The minimum atomic E-state index is -1.15. The monoisotopic (exact) mass is 246 g/mol. The highest BCUT2D eigenvalue weighted by atomic mass is 16.6. The van der Waals surface area contributed by atoms with Crippen LogP contribution in [0, 0.1) is 0 Å². The van der Waals surface area contributed by atoms with Crippen molar-refractivity contribution < 1.29 is 24.2 Å². The van der Waals surface area contributed by atoms with Gasteiger partial charge in [0, 0.05) is 0 Å². The minimum absolute atomic E-state index is 0.487. The van der Waals surface area contributed by atoms with Gasteiger partial charge in [-0.3, -0.25) is 9.59 Å². The number of carbonyl (C=O) groups excluding carboxylic acids is 2. The summed E-state index contributed by atoms with van der Waals surface area (Å²) in [7, 11) is 0. The zero-order valence-electron chi connectivity index (χ0n) is 10.4. The van der Waals surface area contributed by atoms with Crippen molar-refractivity contribution in [2.75, 3.05) is 6.54 Å². The summed E-state index contributed by atoms with van der Waals surface area (Å²) >= 11 is 0. The molecule has 17 heavy (non-hydrogen) atoms. The molecule has 0 aromatic rings. The van der Waals surface area contributed by atoms with Crippen LogP contribution in [0.3, 0.4) is 0 Å². The van der Waals surface area contributed by atoms with Crippen molar-refractivity contribution in [2.24, 2.45) is 0 Å². The van der Waals surface area contributed by atoms with Crippen LogP contribution in [0.1, 0.15) is 27.7 Å². The molecule has 2 amide bonds. The highest BCUT2D eigenvalue weighted by Crippen LogP contribution is 2.06. The van der Waals surface area contributed by atoms with Crippen molar-refractivity contribution in [3.8, 4) is 0 Å². The predicted octanol–water partition coefficient (Wildman–Crippen LogP) is 0.100. The molecule has 0 fully saturated rings. The number of carbonyl (C=O) groups is 3. The summed E-state index contributed by atoms with van der Waals surface area (Å²) in [4.78, 5) is 32.8. The summed E-state index contributed by atoms with van der Waals surface area (Å²) in [5, 5.41) is 12.8. The van der Waals surface area contributed by atoms with Gasteiger partial charge in [-0.1, -0.05) is 0 Å². The number of aliphatic carboxylic acids is 1. The molecule has 0 saturated heterocycles. The summed E-state index contributed by atoms with van der Waals surface area (Å²) in [5.41, 5.74) is -0.651. The predicted molar refractivity (Wildman–Crippen MR) is 59.5 cm³/mol. The molecule has 0 spiro atoms. The zero-order valence-corrected chi connectivity index (χ0v) is 10.4. The molecule has 0 aliphatic rings. The first-order valence-electron chi connectivity index (χ1n) is 5.11. The Hall–Kier alpha value is -1.79. The fourth-order valence-electron chi connectivity index (χ4n) is 0.866. The SMILES string of the molecule is C[C@@H](NC(=O)OC(C)(C)C)C(=O)NCC(=O)O. The van der Waals surface area contributed by atoms with Crippen LogP contribution in [0.2, 0.25) is 0 Å². The number of alkyl carbamates (subject to hydrolysis) is 1. The Balaban J connectivity index is 4.08. The van der Waals surface area contributed by atoms with E-state index in [1.807, 2.05) is 0 Å². The van der Waals surface area contributed by atoms with E-state index < -0.39 is 36.2 Å². The maximum absolute atomic E-state index is 11.3. The number of hydrogen-bond acceptors (Lipinski definition) is 4. The van der Waals surface area contributed by atoms with Gasteiger partial charge in [0.1, 0.15) is 18.2 Å². The number of rotatable bonds is 4. The normalized spacial score (nSPS) is 12.5. The number of carboxylic acid groups (broad SMARTS) is 1. The lowest BCUT2D eigenvalue weighted by atomic mass is 10.2. The lowest BCUT2D eigenvalue weighted by Crippen LogP contribution is -2.47. The van der Waals surface area contributed by atoms with Gasteiger partial charge in [0.15, 0.2) is 0 Å². The molecule has 3 N–H and O–H groups in total. The Morgan fingerprint density at radius 3 is 2.24 bits per heavy atom. The third kappa shape index (κ3) is 8.06. The first kappa shape index (κ1) is 15.2. The van der Waals surface area contributed by atoms with Crippen molar-refractivity contribution >= 4 is 18.0 Å². The Morgan fingerprint density at radius 2 is 1.82 bits per heavy atom. The molecule has 7 heteroatoms. The molecule has 0 heterocycles. The van der Waals surface area contributed by atoms with Crippen LogP contribution in [0.5, 0.6) is 0 Å². The summed E-state index contributed by atoms with van der Waals surface area (Å²) in [5.74, 6) is -1.74. The van der Waals surface area contributed by atoms with Gasteiger partial charge in [0.2, 0.25) is 5.91 Å². The summed E-state index contributed by atoms with van der Waals surface area (Å²) < 4.78 is 4.94. The molecule has 0 saturated carbocycles. The lowest BCUT2D eigenvalue weighted by molar-refractivity contribution is -0.138. The van der Waals surface area contributed by atoms with Crippen molar-refractivity contribution in [1.82, 2.24) is 10.6 Å². The lowest BCUT2D eigenvalue weighted by Gasteiger charge is -2.21. The highest BCUT2D eigenvalue weighted by Gasteiger charge is 2.20. The Morgan fingerprint density at radius 1 is 1.29 bits per heavy atom. The van der Waals surface area contributed by atoms with Gasteiger partial charge >= 0.3 is 12.1 Å². The molecular weight excluding hydrogens is 228 g/mol. The third-order valence-electron chi connectivity index (χ3n) is 1.54. The van der Waals surface area contributed by atoms with Crippen molar-refractivity contribution in [2.45, 2.75) is 39.3 Å². The largest absolute Gasteiger partial charge is 0.480 e. The standard InChI is InChI=1S/C10H18N2O5/c1-6(8(15)11-5-7(13)14)12-9(16)17-10(2,3)4/h6H,5H2,1-4H3,(H,11,15)(H,12,16)(H,13,14)/t6-/m1/s1. The maximum atomic E-state index is 11.3. The van der Waals surface area contributed by atoms with Crippen LogP contribution in [0.15, 0.2) is 0 Å². The quantitative estimate of drug-likeness (QED) is 0.652. The van der Waals surface area contributed by atoms with Crippen molar-refractivity contribution in [3.05, 3.63) is 0 Å². The van der Waals surface area contributed by atoms with Gasteiger partial charge in [-0.15, -0.1) is 0 Å². The maximum Gasteiger partial charge on any atom is 0.408 e. The Kier molecular flexibility index (Phi) is 5.43. The van der Waals surface area contributed by atoms with Gasteiger partial charge < -0.3 is 20.5 Å². The van der Waals surface area contributed by atoms with E-state index in [0.29, 0.717) is 0 Å². The van der Waals surface area contributed by atoms with E-state index in [9.17, 15) is 14.4 Å². The summed E-state index contributed by atoms with van der Waals surface area (Å²) in [6.45, 7) is 6.03. The average molecular weight is 246 g/mol. The number of amides is 2. The molecule has 0 aromatic carbocycles. The van der Waals surface area contributed by atoms with Crippen molar-refractivity contribution in [3.63, 3.8) is 0 Å². The first-order valence-corrected chi connectivity index (χ1v) is 5.11. The van der Waals surface area contributed by atoms with Gasteiger partial charge in [0.25, 0.3) is 0 Å². The topological polar surface area (TPSA) is 105 Å².